The SMILES string of the molecule is C=CCC(OCC(OCC)OCC)C1CC1. The molecule has 16 heavy (non-hydrogen) atoms. The predicted molar refractivity (Wildman–Crippen MR) is 64.3 cm³/mol. The first-order chi connectivity index (χ1) is 7.81. The van der Waals surface area contributed by atoms with Crippen LogP contribution < -0.4 is 0 Å². The Kier molecular flexibility index (Phi) is 6.69. The Morgan fingerprint density at radius 1 is 1.19 bits per heavy atom. The van der Waals surface area contributed by atoms with Crippen LogP contribution in [0.1, 0.15) is 33.1 Å². The van der Waals surface area contributed by atoms with E-state index in [1.165, 1.54) is 12.8 Å². The van der Waals surface area contributed by atoms with Gasteiger partial charge in [-0.1, -0.05) is 6.08 Å². The van der Waals surface area contributed by atoms with Crippen molar-refractivity contribution < 1.29 is 14.2 Å². The molecular weight excluding hydrogens is 204 g/mol. The molecule has 0 spiro atoms. The lowest BCUT2D eigenvalue weighted by atomic mass is 10.1. The Morgan fingerprint density at radius 3 is 2.25 bits per heavy atom. The summed E-state index contributed by atoms with van der Waals surface area (Å²) in [5.74, 6) is 0.724. The maximum atomic E-state index is 5.85. The molecule has 1 aliphatic rings. The summed E-state index contributed by atoms with van der Waals surface area (Å²) in [7, 11) is 0. The molecule has 0 heterocycles. The Morgan fingerprint density at radius 2 is 1.81 bits per heavy atom. The van der Waals surface area contributed by atoms with Crippen molar-refractivity contribution in [2.45, 2.75) is 45.5 Å². The van der Waals surface area contributed by atoms with E-state index in [-0.39, 0.29) is 6.29 Å². The van der Waals surface area contributed by atoms with Crippen LogP contribution in [0.2, 0.25) is 0 Å². The van der Waals surface area contributed by atoms with Gasteiger partial charge in [0.2, 0.25) is 0 Å². The highest BCUT2D eigenvalue weighted by molar-refractivity contribution is 4.86. The molecule has 0 N–H and O–H groups in total. The highest BCUT2D eigenvalue weighted by Crippen LogP contribution is 2.36. The lowest BCUT2D eigenvalue weighted by Gasteiger charge is -2.21. The molecule has 3 nitrogen and oxygen atoms in total. The molecule has 1 aliphatic carbocycles. The largest absolute Gasteiger partial charge is 0.372 e. The van der Waals surface area contributed by atoms with Crippen molar-refractivity contribution in [2.75, 3.05) is 19.8 Å². The van der Waals surface area contributed by atoms with Crippen LogP contribution in [0.4, 0.5) is 0 Å². The van der Waals surface area contributed by atoms with Crippen molar-refractivity contribution in [1.82, 2.24) is 0 Å². The molecule has 0 aromatic rings. The van der Waals surface area contributed by atoms with Crippen molar-refractivity contribution in [2.24, 2.45) is 5.92 Å². The molecule has 0 aromatic heterocycles. The third-order valence-corrected chi connectivity index (χ3v) is 2.70. The number of rotatable bonds is 10. The average Bonchev–Trinajstić information content (AvgIpc) is 3.08. The van der Waals surface area contributed by atoms with Gasteiger partial charge in [-0.25, -0.2) is 0 Å². The van der Waals surface area contributed by atoms with E-state index in [0.29, 0.717) is 25.9 Å². The Balaban J connectivity index is 2.24. The average molecular weight is 228 g/mol. The van der Waals surface area contributed by atoms with E-state index in [4.69, 9.17) is 14.2 Å². The zero-order valence-corrected chi connectivity index (χ0v) is 10.5. The summed E-state index contributed by atoms with van der Waals surface area (Å²) in [5, 5.41) is 0. The van der Waals surface area contributed by atoms with E-state index in [0.717, 1.165) is 12.3 Å². The Hall–Kier alpha value is -0.380. The first-order valence-corrected chi connectivity index (χ1v) is 6.27. The van der Waals surface area contributed by atoms with Gasteiger partial charge in [-0.05, 0) is 39.0 Å². The third-order valence-electron chi connectivity index (χ3n) is 2.70. The highest BCUT2D eigenvalue weighted by Gasteiger charge is 2.31. The fraction of sp³-hybridized carbons (Fsp3) is 0.846. The molecule has 0 aromatic carbocycles. The molecule has 0 amide bonds. The highest BCUT2D eigenvalue weighted by atomic mass is 16.7. The summed E-state index contributed by atoms with van der Waals surface area (Å²) in [6.45, 7) is 9.54. The minimum absolute atomic E-state index is 0.221. The molecule has 0 aliphatic heterocycles. The molecule has 1 unspecified atom stereocenters. The van der Waals surface area contributed by atoms with Crippen LogP contribution in [0.25, 0.3) is 0 Å². The van der Waals surface area contributed by atoms with Crippen molar-refractivity contribution in [1.29, 1.82) is 0 Å². The van der Waals surface area contributed by atoms with Crippen molar-refractivity contribution in [3.05, 3.63) is 12.7 Å². The van der Waals surface area contributed by atoms with Gasteiger partial charge in [-0.3, -0.25) is 0 Å². The van der Waals surface area contributed by atoms with Crippen LogP contribution >= 0.6 is 0 Å². The minimum Gasteiger partial charge on any atom is -0.372 e. The van der Waals surface area contributed by atoms with E-state index in [1.54, 1.807) is 0 Å². The van der Waals surface area contributed by atoms with Gasteiger partial charge in [0.05, 0.1) is 12.7 Å². The summed E-state index contributed by atoms with van der Waals surface area (Å²) in [6.07, 6.45) is 5.51. The first kappa shape index (κ1) is 13.7. The van der Waals surface area contributed by atoms with E-state index in [2.05, 4.69) is 6.58 Å². The summed E-state index contributed by atoms with van der Waals surface area (Å²) in [4.78, 5) is 0. The Bertz CT molecular complexity index is 184. The summed E-state index contributed by atoms with van der Waals surface area (Å²) >= 11 is 0. The second-order valence-electron chi connectivity index (χ2n) is 4.07. The van der Waals surface area contributed by atoms with E-state index in [9.17, 15) is 0 Å². The van der Waals surface area contributed by atoms with Crippen LogP contribution in [0, 0.1) is 5.92 Å². The fourth-order valence-corrected chi connectivity index (χ4v) is 1.75. The van der Waals surface area contributed by atoms with Gasteiger partial charge in [-0.2, -0.15) is 0 Å². The van der Waals surface area contributed by atoms with Gasteiger partial charge in [0.25, 0.3) is 0 Å². The second-order valence-corrected chi connectivity index (χ2v) is 4.07. The van der Waals surface area contributed by atoms with Crippen molar-refractivity contribution >= 4 is 0 Å². The lowest BCUT2D eigenvalue weighted by Crippen LogP contribution is -2.27. The minimum atomic E-state index is -0.221. The molecule has 1 atom stereocenters. The smallest absolute Gasteiger partial charge is 0.180 e. The van der Waals surface area contributed by atoms with Gasteiger partial charge >= 0.3 is 0 Å². The van der Waals surface area contributed by atoms with Crippen LogP contribution in [-0.2, 0) is 14.2 Å². The zero-order chi connectivity index (χ0) is 11.8. The van der Waals surface area contributed by atoms with Crippen LogP contribution in [-0.4, -0.2) is 32.2 Å². The zero-order valence-electron chi connectivity index (χ0n) is 10.5. The number of ether oxygens (including phenoxy) is 3. The third kappa shape index (κ3) is 5.10. The quantitative estimate of drug-likeness (QED) is 0.425. The molecule has 0 bridgehead atoms. The maximum Gasteiger partial charge on any atom is 0.180 e. The summed E-state index contributed by atoms with van der Waals surface area (Å²) in [5.41, 5.74) is 0. The van der Waals surface area contributed by atoms with Gasteiger partial charge < -0.3 is 14.2 Å². The topological polar surface area (TPSA) is 27.7 Å². The molecule has 0 radical (unpaired) electrons. The molecule has 1 rings (SSSR count). The van der Waals surface area contributed by atoms with Gasteiger partial charge in [0.1, 0.15) is 0 Å². The van der Waals surface area contributed by atoms with Crippen molar-refractivity contribution in [3.63, 3.8) is 0 Å². The molecule has 0 saturated heterocycles. The lowest BCUT2D eigenvalue weighted by molar-refractivity contribution is -0.177. The van der Waals surface area contributed by atoms with E-state index >= 15 is 0 Å². The number of hydrogen-bond donors (Lipinski definition) is 0. The molecule has 1 fully saturated rings. The fourth-order valence-electron chi connectivity index (χ4n) is 1.75. The van der Waals surface area contributed by atoms with Crippen LogP contribution in [0.5, 0.6) is 0 Å². The monoisotopic (exact) mass is 228 g/mol. The standard InChI is InChI=1S/C13H24O3/c1-4-7-12(11-8-9-11)16-10-13(14-5-2)15-6-3/h4,11-13H,1,5-10H2,2-3H3. The second kappa shape index (κ2) is 7.82. The molecule has 94 valence electrons. The summed E-state index contributed by atoms with van der Waals surface area (Å²) in [6, 6.07) is 0. The van der Waals surface area contributed by atoms with Crippen LogP contribution in [0.15, 0.2) is 12.7 Å². The van der Waals surface area contributed by atoms with Gasteiger partial charge in [-0.15, -0.1) is 6.58 Å². The number of hydrogen-bond acceptors (Lipinski definition) is 3. The van der Waals surface area contributed by atoms with E-state index in [1.807, 2.05) is 19.9 Å². The molecule has 1 saturated carbocycles. The Labute approximate surface area is 98.8 Å². The van der Waals surface area contributed by atoms with Crippen molar-refractivity contribution in [3.8, 4) is 0 Å². The predicted octanol–water partition coefficient (Wildman–Crippen LogP) is 2.76. The van der Waals surface area contributed by atoms with Crippen LogP contribution in [0.3, 0.4) is 0 Å². The molecular formula is C13H24O3. The van der Waals surface area contributed by atoms with E-state index < -0.39 is 0 Å². The summed E-state index contributed by atoms with van der Waals surface area (Å²) < 4.78 is 16.7. The normalized spacial score (nSPS) is 17.7. The maximum absolute atomic E-state index is 5.85. The van der Waals surface area contributed by atoms with Gasteiger partial charge in [0, 0.05) is 13.2 Å². The molecule has 3 heteroatoms. The van der Waals surface area contributed by atoms with Gasteiger partial charge in [0.15, 0.2) is 6.29 Å². The first-order valence-electron chi connectivity index (χ1n) is 6.27.